The van der Waals surface area contributed by atoms with Crippen LogP contribution in [0.25, 0.3) is 0 Å². The van der Waals surface area contributed by atoms with Crippen molar-refractivity contribution >= 4 is 5.97 Å². The Kier molecular flexibility index (Phi) is 7.38. The molecule has 0 spiro atoms. The fourth-order valence-corrected chi connectivity index (χ4v) is 3.22. The lowest BCUT2D eigenvalue weighted by Gasteiger charge is -2.28. The first-order chi connectivity index (χ1) is 8.71. The molecule has 106 valence electrons. The minimum Gasteiger partial charge on any atom is -0.481 e. The highest BCUT2D eigenvalue weighted by molar-refractivity contribution is 5.74. The fourth-order valence-electron chi connectivity index (χ4n) is 3.22. The number of carboxylic acids is 1. The first-order valence-corrected chi connectivity index (χ1v) is 7.95. The molecule has 0 aromatic rings. The molecule has 0 aromatic heterocycles. The molecule has 1 aliphatic carbocycles. The summed E-state index contributed by atoms with van der Waals surface area (Å²) in [5.74, 6) is -0.530. The highest BCUT2D eigenvalue weighted by atomic mass is 16.4. The van der Waals surface area contributed by atoms with Crippen molar-refractivity contribution in [2.45, 2.75) is 90.4 Å². The average Bonchev–Trinajstić information content (AvgIpc) is 2.60. The van der Waals surface area contributed by atoms with Gasteiger partial charge in [-0.15, -0.1) is 0 Å². The molecule has 18 heavy (non-hydrogen) atoms. The molecule has 0 amide bonds. The van der Waals surface area contributed by atoms with Gasteiger partial charge < -0.3 is 5.11 Å². The normalized spacial score (nSPS) is 19.4. The third-order valence-corrected chi connectivity index (χ3v) is 4.52. The zero-order valence-corrected chi connectivity index (χ0v) is 12.0. The predicted octanol–water partition coefficient (Wildman–Crippen LogP) is 5.16. The third kappa shape index (κ3) is 4.99. The van der Waals surface area contributed by atoms with Gasteiger partial charge in [0.05, 0.1) is 5.41 Å². The Morgan fingerprint density at radius 2 is 1.50 bits per heavy atom. The number of hydrogen-bond acceptors (Lipinski definition) is 1. The highest BCUT2D eigenvalue weighted by Crippen LogP contribution is 2.39. The van der Waals surface area contributed by atoms with E-state index in [1.165, 1.54) is 44.9 Å². The molecule has 1 rings (SSSR count). The lowest BCUT2D eigenvalue weighted by molar-refractivity contribution is -0.150. The number of rotatable bonds is 8. The largest absolute Gasteiger partial charge is 0.481 e. The molecule has 1 saturated carbocycles. The van der Waals surface area contributed by atoms with Gasteiger partial charge in [-0.05, 0) is 19.3 Å². The summed E-state index contributed by atoms with van der Waals surface area (Å²) >= 11 is 0. The molecule has 0 radical (unpaired) electrons. The van der Waals surface area contributed by atoms with E-state index in [1.54, 1.807) is 0 Å². The van der Waals surface area contributed by atoms with Crippen LogP contribution in [-0.2, 0) is 4.79 Å². The standard InChI is InChI=1S/C16H30O2/c1-2-3-4-5-6-9-12-16(15(17)18)13-10-7-8-11-14-16/h2-14H2,1H3,(H,17,18). The summed E-state index contributed by atoms with van der Waals surface area (Å²) in [5.41, 5.74) is -0.374. The van der Waals surface area contributed by atoms with Crippen molar-refractivity contribution in [1.82, 2.24) is 0 Å². The van der Waals surface area contributed by atoms with Crippen LogP contribution in [0.15, 0.2) is 0 Å². The van der Waals surface area contributed by atoms with Crippen LogP contribution in [0.3, 0.4) is 0 Å². The molecular formula is C16H30O2. The third-order valence-electron chi connectivity index (χ3n) is 4.52. The molecule has 0 atom stereocenters. The second-order valence-corrected chi connectivity index (χ2v) is 6.02. The van der Waals surface area contributed by atoms with Gasteiger partial charge in [-0.3, -0.25) is 4.79 Å². The first-order valence-electron chi connectivity index (χ1n) is 7.95. The Hall–Kier alpha value is -0.530. The SMILES string of the molecule is CCCCCCCCC1(C(=O)O)CCCCCC1. The molecule has 0 unspecified atom stereocenters. The van der Waals surface area contributed by atoms with E-state index >= 15 is 0 Å². The van der Waals surface area contributed by atoms with Gasteiger partial charge in [-0.1, -0.05) is 71.1 Å². The van der Waals surface area contributed by atoms with E-state index in [2.05, 4.69) is 6.92 Å². The van der Waals surface area contributed by atoms with Gasteiger partial charge in [0.25, 0.3) is 0 Å². The minimum atomic E-state index is -0.530. The molecule has 1 aliphatic rings. The van der Waals surface area contributed by atoms with E-state index in [4.69, 9.17) is 0 Å². The summed E-state index contributed by atoms with van der Waals surface area (Å²) in [6, 6.07) is 0. The van der Waals surface area contributed by atoms with Crippen LogP contribution < -0.4 is 0 Å². The van der Waals surface area contributed by atoms with E-state index in [0.29, 0.717) is 0 Å². The number of hydrogen-bond donors (Lipinski definition) is 1. The van der Waals surface area contributed by atoms with Crippen LogP contribution in [0.2, 0.25) is 0 Å². The highest BCUT2D eigenvalue weighted by Gasteiger charge is 2.37. The lowest BCUT2D eigenvalue weighted by Crippen LogP contribution is -2.30. The van der Waals surface area contributed by atoms with Gasteiger partial charge in [0.2, 0.25) is 0 Å². The number of carbonyl (C=O) groups is 1. The van der Waals surface area contributed by atoms with Crippen LogP contribution in [0.4, 0.5) is 0 Å². The van der Waals surface area contributed by atoms with Crippen molar-refractivity contribution in [2.24, 2.45) is 5.41 Å². The van der Waals surface area contributed by atoms with Crippen LogP contribution >= 0.6 is 0 Å². The summed E-state index contributed by atoms with van der Waals surface area (Å²) in [6.07, 6.45) is 14.9. The maximum atomic E-state index is 11.6. The summed E-state index contributed by atoms with van der Waals surface area (Å²) in [4.78, 5) is 11.6. The molecule has 0 saturated heterocycles. The number of carboxylic acid groups (broad SMARTS) is 1. The summed E-state index contributed by atoms with van der Waals surface area (Å²) in [5, 5.41) is 9.55. The Balaban J connectivity index is 2.31. The smallest absolute Gasteiger partial charge is 0.309 e. The fraction of sp³-hybridized carbons (Fsp3) is 0.938. The predicted molar refractivity (Wildman–Crippen MR) is 75.8 cm³/mol. The topological polar surface area (TPSA) is 37.3 Å². The average molecular weight is 254 g/mol. The Morgan fingerprint density at radius 1 is 0.944 bits per heavy atom. The number of unbranched alkanes of at least 4 members (excludes halogenated alkanes) is 5. The van der Waals surface area contributed by atoms with Gasteiger partial charge >= 0.3 is 5.97 Å². The van der Waals surface area contributed by atoms with Crippen molar-refractivity contribution in [3.63, 3.8) is 0 Å². The van der Waals surface area contributed by atoms with E-state index in [1.807, 2.05) is 0 Å². The molecule has 1 fully saturated rings. The number of aliphatic carboxylic acids is 1. The maximum Gasteiger partial charge on any atom is 0.309 e. The molecule has 0 heterocycles. The summed E-state index contributed by atoms with van der Waals surface area (Å²) < 4.78 is 0. The molecule has 0 bridgehead atoms. The second-order valence-electron chi connectivity index (χ2n) is 6.02. The van der Waals surface area contributed by atoms with Crippen molar-refractivity contribution in [2.75, 3.05) is 0 Å². The van der Waals surface area contributed by atoms with E-state index in [0.717, 1.165) is 38.5 Å². The monoisotopic (exact) mass is 254 g/mol. The van der Waals surface area contributed by atoms with Gasteiger partial charge in [-0.25, -0.2) is 0 Å². The van der Waals surface area contributed by atoms with Crippen molar-refractivity contribution < 1.29 is 9.90 Å². The zero-order chi connectivity index (χ0) is 13.3. The Labute approximate surface area is 112 Å². The van der Waals surface area contributed by atoms with Crippen molar-refractivity contribution in [1.29, 1.82) is 0 Å². The molecule has 0 aliphatic heterocycles. The maximum absolute atomic E-state index is 11.6. The van der Waals surface area contributed by atoms with Crippen LogP contribution in [0.5, 0.6) is 0 Å². The van der Waals surface area contributed by atoms with Crippen LogP contribution in [0, 0.1) is 5.41 Å². The van der Waals surface area contributed by atoms with Crippen molar-refractivity contribution in [3.8, 4) is 0 Å². The van der Waals surface area contributed by atoms with E-state index < -0.39 is 5.97 Å². The minimum absolute atomic E-state index is 0.374. The van der Waals surface area contributed by atoms with Crippen LogP contribution in [-0.4, -0.2) is 11.1 Å². The van der Waals surface area contributed by atoms with E-state index in [-0.39, 0.29) is 5.41 Å². The van der Waals surface area contributed by atoms with Gasteiger partial charge in [0.15, 0.2) is 0 Å². The quantitative estimate of drug-likeness (QED) is 0.479. The molecule has 2 heteroatoms. The second kappa shape index (κ2) is 8.55. The molecule has 2 nitrogen and oxygen atoms in total. The van der Waals surface area contributed by atoms with Gasteiger partial charge in [-0.2, -0.15) is 0 Å². The first kappa shape index (κ1) is 15.5. The molecule has 1 N–H and O–H groups in total. The Morgan fingerprint density at radius 3 is 2.06 bits per heavy atom. The zero-order valence-electron chi connectivity index (χ0n) is 12.0. The van der Waals surface area contributed by atoms with Gasteiger partial charge in [0, 0.05) is 0 Å². The van der Waals surface area contributed by atoms with E-state index in [9.17, 15) is 9.90 Å². The van der Waals surface area contributed by atoms with Crippen LogP contribution in [0.1, 0.15) is 90.4 Å². The lowest BCUT2D eigenvalue weighted by atomic mass is 9.76. The van der Waals surface area contributed by atoms with Gasteiger partial charge in [0.1, 0.15) is 0 Å². The summed E-state index contributed by atoms with van der Waals surface area (Å²) in [6.45, 7) is 2.23. The summed E-state index contributed by atoms with van der Waals surface area (Å²) in [7, 11) is 0. The molecular weight excluding hydrogens is 224 g/mol. The Bertz CT molecular complexity index is 227. The van der Waals surface area contributed by atoms with Crippen molar-refractivity contribution in [3.05, 3.63) is 0 Å². The molecule has 0 aromatic carbocycles.